The van der Waals surface area contributed by atoms with Gasteiger partial charge in [0, 0.05) is 13.1 Å². The van der Waals surface area contributed by atoms with Crippen LogP contribution in [0.5, 0.6) is 0 Å². The number of rotatable bonds is 9. The Balaban J connectivity index is 1.72. The summed E-state index contributed by atoms with van der Waals surface area (Å²) in [5.74, 6) is -0.638. The van der Waals surface area contributed by atoms with Crippen LogP contribution < -0.4 is 10.6 Å². The third kappa shape index (κ3) is 5.03. The Labute approximate surface area is 142 Å². The van der Waals surface area contributed by atoms with Crippen molar-refractivity contribution >= 4 is 11.8 Å². The van der Waals surface area contributed by atoms with Crippen LogP contribution in [0.15, 0.2) is 24.3 Å². The molecular weight excluding hydrogens is 309 g/mol. The van der Waals surface area contributed by atoms with Crippen molar-refractivity contribution in [3.8, 4) is 0 Å². The Bertz CT molecular complexity index is 568. The number of hydrogen-bond acceptors (Lipinski definition) is 3. The number of nitrogens with zero attached hydrogens (tertiary/aromatic N) is 1. The first kappa shape index (κ1) is 18.4. The number of carbonyl (C=O) groups is 2. The Hall–Kier alpha value is -1.95. The molecule has 6 heteroatoms. The molecule has 1 aliphatic rings. The number of carbonyl (C=O) groups excluding carboxylic acids is 2. The molecule has 0 saturated heterocycles. The van der Waals surface area contributed by atoms with Crippen molar-refractivity contribution in [1.29, 1.82) is 0 Å². The highest BCUT2D eigenvalue weighted by Crippen LogP contribution is 2.46. The average Bonchev–Trinajstić information content (AvgIpc) is 3.35. The number of benzene rings is 1. The number of amides is 2. The van der Waals surface area contributed by atoms with E-state index in [0.717, 1.165) is 18.5 Å². The van der Waals surface area contributed by atoms with Crippen LogP contribution >= 0.6 is 0 Å². The average molecular weight is 335 g/mol. The minimum Gasteiger partial charge on any atom is -0.355 e. The van der Waals surface area contributed by atoms with Gasteiger partial charge in [-0.05, 0) is 64.0 Å². The molecule has 0 bridgehead atoms. The van der Waals surface area contributed by atoms with Crippen LogP contribution in [0.3, 0.4) is 0 Å². The first-order valence-corrected chi connectivity index (χ1v) is 8.40. The molecule has 0 atom stereocenters. The van der Waals surface area contributed by atoms with Crippen LogP contribution in [-0.4, -0.2) is 50.4 Å². The van der Waals surface area contributed by atoms with Gasteiger partial charge in [0.2, 0.25) is 11.8 Å². The van der Waals surface area contributed by atoms with Gasteiger partial charge in [-0.2, -0.15) is 0 Å². The van der Waals surface area contributed by atoms with Crippen LogP contribution in [0.2, 0.25) is 0 Å². The maximum atomic E-state index is 12.8. The zero-order valence-electron chi connectivity index (χ0n) is 14.4. The molecule has 0 spiro atoms. The first-order chi connectivity index (χ1) is 11.4. The molecule has 1 aromatic carbocycles. The molecule has 2 rings (SSSR count). The van der Waals surface area contributed by atoms with Crippen molar-refractivity contribution in [3.05, 3.63) is 35.6 Å². The predicted molar refractivity (Wildman–Crippen MR) is 91.0 cm³/mol. The van der Waals surface area contributed by atoms with Gasteiger partial charge in [-0.15, -0.1) is 0 Å². The monoisotopic (exact) mass is 335 g/mol. The second kappa shape index (κ2) is 8.24. The van der Waals surface area contributed by atoms with Crippen molar-refractivity contribution in [2.45, 2.75) is 25.7 Å². The van der Waals surface area contributed by atoms with Gasteiger partial charge in [-0.25, -0.2) is 4.39 Å². The van der Waals surface area contributed by atoms with E-state index in [1.165, 1.54) is 12.1 Å². The standard InChI is InChI=1S/C18H26FN3O2/c1-22(2)13-3-11-20-16(23)18(9-10-18)17(24)21-12-8-14-4-6-15(19)7-5-14/h4-7H,3,8-13H2,1-2H3,(H,20,23)(H,21,24). The van der Waals surface area contributed by atoms with Gasteiger partial charge in [-0.1, -0.05) is 12.1 Å². The Kier molecular flexibility index (Phi) is 6.31. The molecule has 2 N–H and O–H groups in total. The molecule has 0 aliphatic heterocycles. The quantitative estimate of drug-likeness (QED) is 0.529. The molecule has 0 radical (unpaired) electrons. The molecule has 1 saturated carbocycles. The molecule has 1 aliphatic carbocycles. The lowest BCUT2D eigenvalue weighted by Gasteiger charge is -2.16. The van der Waals surface area contributed by atoms with Crippen LogP contribution in [0.25, 0.3) is 0 Å². The lowest BCUT2D eigenvalue weighted by molar-refractivity contribution is -0.137. The van der Waals surface area contributed by atoms with E-state index in [1.807, 2.05) is 14.1 Å². The maximum absolute atomic E-state index is 12.8. The lowest BCUT2D eigenvalue weighted by atomic mass is 10.0. The lowest BCUT2D eigenvalue weighted by Crippen LogP contribution is -2.44. The third-order valence-corrected chi connectivity index (χ3v) is 4.30. The largest absolute Gasteiger partial charge is 0.355 e. The van der Waals surface area contributed by atoms with E-state index in [4.69, 9.17) is 0 Å². The zero-order valence-corrected chi connectivity index (χ0v) is 14.4. The summed E-state index contributed by atoms with van der Waals surface area (Å²) in [7, 11) is 3.97. The van der Waals surface area contributed by atoms with Gasteiger partial charge < -0.3 is 15.5 Å². The summed E-state index contributed by atoms with van der Waals surface area (Å²) in [5.41, 5.74) is 0.0793. The maximum Gasteiger partial charge on any atom is 0.235 e. The van der Waals surface area contributed by atoms with Gasteiger partial charge in [-0.3, -0.25) is 9.59 Å². The number of hydrogen-bond donors (Lipinski definition) is 2. The second-order valence-electron chi connectivity index (χ2n) is 6.63. The van der Waals surface area contributed by atoms with Gasteiger partial charge in [0.25, 0.3) is 0 Å². The van der Waals surface area contributed by atoms with Crippen molar-refractivity contribution in [3.63, 3.8) is 0 Å². The Morgan fingerprint density at radius 2 is 1.67 bits per heavy atom. The molecular formula is C18H26FN3O2. The first-order valence-electron chi connectivity index (χ1n) is 8.40. The fourth-order valence-electron chi connectivity index (χ4n) is 2.59. The molecule has 0 heterocycles. The van der Waals surface area contributed by atoms with E-state index in [0.29, 0.717) is 32.4 Å². The van der Waals surface area contributed by atoms with Crippen molar-refractivity contribution in [2.24, 2.45) is 5.41 Å². The summed E-state index contributed by atoms with van der Waals surface area (Å²) in [6.07, 6.45) is 2.69. The zero-order chi connectivity index (χ0) is 17.6. The van der Waals surface area contributed by atoms with Gasteiger partial charge in [0.15, 0.2) is 0 Å². The topological polar surface area (TPSA) is 61.4 Å². The molecule has 2 amide bonds. The highest BCUT2D eigenvalue weighted by molar-refractivity contribution is 6.07. The molecule has 1 fully saturated rings. The van der Waals surface area contributed by atoms with E-state index < -0.39 is 5.41 Å². The highest BCUT2D eigenvalue weighted by atomic mass is 19.1. The second-order valence-corrected chi connectivity index (χ2v) is 6.63. The van der Waals surface area contributed by atoms with Gasteiger partial charge >= 0.3 is 0 Å². The summed E-state index contributed by atoms with van der Waals surface area (Å²) in [6.45, 7) is 1.93. The minimum absolute atomic E-state index is 0.166. The van der Waals surface area contributed by atoms with Crippen molar-refractivity contribution in [2.75, 3.05) is 33.7 Å². The van der Waals surface area contributed by atoms with Crippen LogP contribution in [0.4, 0.5) is 4.39 Å². The van der Waals surface area contributed by atoms with Crippen molar-refractivity contribution < 1.29 is 14.0 Å². The predicted octanol–water partition coefficient (Wildman–Crippen LogP) is 1.33. The summed E-state index contributed by atoms with van der Waals surface area (Å²) < 4.78 is 12.8. The molecule has 0 unspecified atom stereocenters. The smallest absolute Gasteiger partial charge is 0.235 e. The molecule has 5 nitrogen and oxygen atoms in total. The van der Waals surface area contributed by atoms with Crippen LogP contribution in [-0.2, 0) is 16.0 Å². The van der Waals surface area contributed by atoms with E-state index in [2.05, 4.69) is 15.5 Å². The van der Waals surface area contributed by atoms with Gasteiger partial charge in [0.1, 0.15) is 11.2 Å². The normalized spacial score (nSPS) is 15.2. The summed E-state index contributed by atoms with van der Waals surface area (Å²) in [5, 5.41) is 5.70. The minimum atomic E-state index is -0.874. The molecule has 0 aromatic heterocycles. The van der Waals surface area contributed by atoms with E-state index in [-0.39, 0.29) is 17.6 Å². The molecule has 132 valence electrons. The summed E-state index contributed by atoms with van der Waals surface area (Å²) in [4.78, 5) is 26.6. The van der Waals surface area contributed by atoms with E-state index in [1.54, 1.807) is 12.1 Å². The number of halogens is 1. The third-order valence-electron chi connectivity index (χ3n) is 4.30. The SMILES string of the molecule is CN(C)CCCNC(=O)C1(C(=O)NCCc2ccc(F)cc2)CC1. The Morgan fingerprint density at radius 3 is 2.21 bits per heavy atom. The summed E-state index contributed by atoms with van der Waals surface area (Å²) >= 11 is 0. The fraction of sp³-hybridized carbons (Fsp3) is 0.556. The van der Waals surface area contributed by atoms with Crippen LogP contribution in [0, 0.1) is 11.2 Å². The van der Waals surface area contributed by atoms with Crippen molar-refractivity contribution in [1.82, 2.24) is 15.5 Å². The van der Waals surface area contributed by atoms with Crippen LogP contribution in [0.1, 0.15) is 24.8 Å². The van der Waals surface area contributed by atoms with Gasteiger partial charge in [0.05, 0.1) is 0 Å². The van der Waals surface area contributed by atoms with E-state index in [9.17, 15) is 14.0 Å². The molecule has 1 aromatic rings. The van der Waals surface area contributed by atoms with E-state index >= 15 is 0 Å². The summed E-state index contributed by atoms with van der Waals surface area (Å²) in [6, 6.07) is 6.21. The molecule has 24 heavy (non-hydrogen) atoms. The number of nitrogens with one attached hydrogen (secondary N) is 2. The highest BCUT2D eigenvalue weighted by Gasteiger charge is 2.56. The fourth-order valence-corrected chi connectivity index (χ4v) is 2.59. The Morgan fingerprint density at radius 1 is 1.08 bits per heavy atom.